The molecule has 2 rings (SSSR count). The molecule has 2 nitrogen and oxygen atoms in total. The van der Waals surface area contributed by atoms with E-state index in [9.17, 15) is 0 Å². The SMILES string of the molecule is CN(C)CCc1cccc2c1NCC2. The van der Waals surface area contributed by atoms with E-state index in [1.807, 2.05) is 0 Å². The summed E-state index contributed by atoms with van der Waals surface area (Å²) >= 11 is 0. The number of anilines is 1. The van der Waals surface area contributed by atoms with Gasteiger partial charge in [-0.3, -0.25) is 0 Å². The molecule has 0 bridgehead atoms. The van der Waals surface area contributed by atoms with Crippen molar-refractivity contribution in [2.24, 2.45) is 0 Å². The van der Waals surface area contributed by atoms with Crippen LogP contribution in [0.2, 0.25) is 0 Å². The standard InChI is InChI=1S/C12H18N2/c1-14(2)9-7-11-5-3-4-10-6-8-13-12(10)11/h3-5,13H,6-9H2,1-2H3. The Bertz CT molecular complexity index is 318. The zero-order valence-corrected chi connectivity index (χ0v) is 9.01. The van der Waals surface area contributed by atoms with Crippen molar-refractivity contribution >= 4 is 5.69 Å². The van der Waals surface area contributed by atoms with Gasteiger partial charge in [-0.1, -0.05) is 18.2 Å². The average Bonchev–Trinajstić information content (AvgIpc) is 2.62. The molecule has 0 saturated carbocycles. The Kier molecular flexibility index (Phi) is 2.73. The highest BCUT2D eigenvalue weighted by Gasteiger charge is 2.12. The maximum absolute atomic E-state index is 3.47. The minimum atomic E-state index is 1.11. The summed E-state index contributed by atoms with van der Waals surface area (Å²) in [5.74, 6) is 0. The molecule has 1 N–H and O–H groups in total. The highest BCUT2D eigenvalue weighted by Crippen LogP contribution is 2.26. The van der Waals surface area contributed by atoms with Crippen LogP contribution in [0.1, 0.15) is 11.1 Å². The van der Waals surface area contributed by atoms with E-state index in [0.717, 1.165) is 19.5 Å². The summed E-state index contributed by atoms with van der Waals surface area (Å²) < 4.78 is 0. The van der Waals surface area contributed by atoms with Gasteiger partial charge in [0.05, 0.1) is 0 Å². The van der Waals surface area contributed by atoms with Gasteiger partial charge in [0.25, 0.3) is 0 Å². The predicted molar refractivity (Wildman–Crippen MR) is 60.9 cm³/mol. The first-order chi connectivity index (χ1) is 6.77. The van der Waals surface area contributed by atoms with Crippen molar-refractivity contribution in [1.82, 2.24) is 4.90 Å². The summed E-state index contributed by atoms with van der Waals surface area (Å²) in [6.45, 7) is 2.23. The summed E-state index contributed by atoms with van der Waals surface area (Å²) in [4.78, 5) is 2.23. The second-order valence-corrected chi connectivity index (χ2v) is 4.18. The Morgan fingerprint density at radius 2 is 2.21 bits per heavy atom. The van der Waals surface area contributed by atoms with Gasteiger partial charge in [0.15, 0.2) is 0 Å². The maximum Gasteiger partial charge on any atom is 0.0406 e. The Morgan fingerprint density at radius 1 is 1.36 bits per heavy atom. The molecular formula is C12H18N2. The molecule has 0 atom stereocenters. The van der Waals surface area contributed by atoms with Crippen molar-refractivity contribution in [2.75, 3.05) is 32.5 Å². The van der Waals surface area contributed by atoms with Gasteiger partial charge in [-0.05, 0) is 38.1 Å². The smallest absolute Gasteiger partial charge is 0.0406 e. The van der Waals surface area contributed by atoms with Gasteiger partial charge in [0.2, 0.25) is 0 Å². The lowest BCUT2D eigenvalue weighted by molar-refractivity contribution is 0.414. The fourth-order valence-corrected chi connectivity index (χ4v) is 1.96. The van der Waals surface area contributed by atoms with Crippen molar-refractivity contribution in [1.29, 1.82) is 0 Å². The van der Waals surface area contributed by atoms with Crippen LogP contribution in [-0.4, -0.2) is 32.1 Å². The summed E-state index contributed by atoms with van der Waals surface area (Å²) in [5, 5.41) is 3.47. The lowest BCUT2D eigenvalue weighted by Crippen LogP contribution is -2.15. The molecule has 0 unspecified atom stereocenters. The number of rotatable bonds is 3. The molecule has 1 aliphatic rings. The molecule has 0 spiro atoms. The Morgan fingerprint density at radius 3 is 3.00 bits per heavy atom. The van der Waals surface area contributed by atoms with Crippen molar-refractivity contribution in [2.45, 2.75) is 12.8 Å². The molecule has 1 heterocycles. The molecule has 1 aromatic carbocycles. The number of fused-ring (bicyclic) bond motifs is 1. The molecule has 0 saturated heterocycles. The molecule has 0 aliphatic carbocycles. The molecule has 1 aliphatic heterocycles. The molecule has 0 aromatic heterocycles. The van der Waals surface area contributed by atoms with E-state index in [2.05, 4.69) is 42.5 Å². The Balaban J connectivity index is 2.14. The van der Waals surface area contributed by atoms with Crippen LogP contribution in [0.5, 0.6) is 0 Å². The highest BCUT2D eigenvalue weighted by atomic mass is 15.0. The first-order valence-corrected chi connectivity index (χ1v) is 5.27. The Hall–Kier alpha value is -1.02. The van der Waals surface area contributed by atoms with E-state index in [-0.39, 0.29) is 0 Å². The lowest BCUT2D eigenvalue weighted by Gasteiger charge is -2.12. The van der Waals surface area contributed by atoms with Gasteiger partial charge >= 0.3 is 0 Å². The minimum Gasteiger partial charge on any atom is -0.384 e. The van der Waals surface area contributed by atoms with Crippen LogP contribution in [0.4, 0.5) is 5.69 Å². The van der Waals surface area contributed by atoms with Gasteiger partial charge < -0.3 is 10.2 Å². The molecule has 14 heavy (non-hydrogen) atoms. The molecule has 76 valence electrons. The van der Waals surface area contributed by atoms with E-state index < -0.39 is 0 Å². The van der Waals surface area contributed by atoms with Crippen molar-refractivity contribution < 1.29 is 0 Å². The van der Waals surface area contributed by atoms with Crippen molar-refractivity contribution in [3.63, 3.8) is 0 Å². The summed E-state index contributed by atoms with van der Waals surface area (Å²) in [7, 11) is 4.24. The molecule has 0 radical (unpaired) electrons. The molecule has 1 aromatic rings. The first-order valence-electron chi connectivity index (χ1n) is 5.27. The van der Waals surface area contributed by atoms with E-state index >= 15 is 0 Å². The number of nitrogens with one attached hydrogen (secondary N) is 1. The zero-order valence-electron chi connectivity index (χ0n) is 9.01. The molecule has 0 amide bonds. The van der Waals surface area contributed by atoms with Crippen LogP contribution < -0.4 is 5.32 Å². The van der Waals surface area contributed by atoms with Gasteiger partial charge in [0, 0.05) is 18.8 Å². The number of hydrogen-bond acceptors (Lipinski definition) is 2. The molecule has 0 fully saturated rings. The van der Waals surface area contributed by atoms with Crippen LogP contribution in [0.15, 0.2) is 18.2 Å². The Labute approximate surface area is 85.9 Å². The van der Waals surface area contributed by atoms with Crippen LogP contribution in [0, 0.1) is 0 Å². The van der Waals surface area contributed by atoms with Gasteiger partial charge in [0.1, 0.15) is 0 Å². The minimum absolute atomic E-state index is 1.11. The van der Waals surface area contributed by atoms with Gasteiger partial charge in [-0.15, -0.1) is 0 Å². The number of para-hydroxylation sites is 1. The van der Waals surface area contributed by atoms with Crippen LogP contribution in [0.3, 0.4) is 0 Å². The lowest BCUT2D eigenvalue weighted by atomic mass is 10.1. The first kappa shape index (κ1) is 9.53. The number of nitrogens with zero attached hydrogens (tertiary/aromatic N) is 1. The van der Waals surface area contributed by atoms with E-state index in [4.69, 9.17) is 0 Å². The number of likely N-dealkylation sites (N-methyl/N-ethyl adjacent to an activating group) is 1. The van der Waals surface area contributed by atoms with Crippen LogP contribution >= 0.6 is 0 Å². The predicted octanol–water partition coefficient (Wildman–Crippen LogP) is 1.76. The number of hydrogen-bond donors (Lipinski definition) is 1. The maximum atomic E-state index is 3.47. The molecular weight excluding hydrogens is 172 g/mol. The number of benzene rings is 1. The zero-order chi connectivity index (χ0) is 9.97. The fourth-order valence-electron chi connectivity index (χ4n) is 1.96. The largest absolute Gasteiger partial charge is 0.384 e. The van der Waals surface area contributed by atoms with E-state index in [1.54, 1.807) is 0 Å². The topological polar surface area (TPSA) is 15.3 Å². The van der Waals surface area contributed by atoms with E-state index in [1.165, 1.54) is 23.2 Å². The van der Waals surface area contributed by atoms with Gasteiger partial charge in [-0.25, -0.2) is 0 Å². The van der Waals surface area contributed by atoms with Crippen LogP contribution in [-0.2, 0) is 12.8 Å². The van der Waals surface area contributed by atoms with Crippen LogP contribution in [0.25, 0.3) is 0 Å². The second kappa shape index (κ2) is 4.01. The quantitative estimate of drug-likeness (QED) is 0.781. The monoisotopic (exact) mass is 190 g/mol. The third kappa shape index (κ3) is 1.90. The highest BCUT2D eigenvalue weighted by molar-refractivity contribution is 5.61. The normalized spacial score (nSPS) is 14.2. The molecule has 2 heteroatoms. The second-order valence-electron chi connectivity index (χ2n) is 4.18. The average molecular weight is 190 g/mol. The third-order valence-corrected chi connectivity index (χ3v) is 2.76. The third-order valence-electron chi connectivity index (χ3n) is 2.76. The summed E-state index contributed by atoms with van der Waals surface area (Å²) in [6.07, 6.45) is 2.33. The van der Waals surface area contributed by atoms with Crippen molar-refractivity contribution in [3.8, 4) is 0 Å². The summed E-state index contributed by atoms with van der Waals surface area (Å²) in [5.41, 5.74) is 4.35. The summed E-state index contributed by atoms with van der Waals surface area (Å²) in [6, 6.07) is 6.64. The van der Waals surface area contributed by atoms with Gasteiger partial charge in [-0.2, -0.15) is 0 Å². The van der Waals surface area contributed by atoms with E-state index in [0.29, 0.717) is 0 Å². The van der Waals surface area contributed by atoms with Crippen molar-refractivity contribution in [3.05, 3.63) is 29.3 Å². The fraction of sp³-hybridized carbons (Fsp3) is 0.500.